The van der Waals surface area contributed by atoms with Gasteiger partial charge in [-0.2, -0.15) is 0 Å². The molecule has 0 radical (unpaired) electrons. The Kier molecular flexibility index (Phi) is 22.2. The molecule has 0 rings (SSSR count). The van der Waals surface area contributed by atoms with Crippen LogP contribution < -0.4 is 20.4 Å². The van der Waals surface area contributed by atoms with Gasteiger partial charge in [-0.15, -0.1) is 6.58 Å². The van der Waals surface area contributed by atoms with E-state index in [1.165, 1.54) is 6.08 Å². The van der Waals surface area contributed by atoms with Crippen molar-refractivity contribution >= 4 is 12.3 Å². The first-order chi connectivity index (χ1) is 5.88. The van der Waals surface area contributed by atoms with Gasteiger partial charge in [0, 0.05) is 0 Å². The van der Waals surface area contributed by atoms with E-state index in [4.69, 9.17) is 35.3 Å². The minimum absolute atomic E-state index is 0.208. The van der Waals surface area contributed by atoms with Gasteiger partial charge in [-0.3, -0.25) is 5.26 Å². The monoisotopic (exact) mass is 194 g/mol. The Morgan fingerprint density at radius 1 is 1.23 bits per heavy atom. The average Bonchev–Trinajstić information content (AvgIpc) is 1.86. The zero-order chi connectivity index (χ0) is 11.3. The lowest BCUT2D eigenvalue weighted by atomic mass is 10.7. The summed E-state index contributed by atoms with van der Waals surface area (Å²) in [6.45, 7) is 3.47. The summed E-state index contributed by atoms with van der Waals surface area (Å²) in [5, 5.41) is 40.8. The van der Waals surface area contributed by atoms with E-state index < -0.39 is 12.3 Å². The van der Waals surface area contributed by atoms with Crippen molar-refractivity contribution < 1.29 is 40.2 Å². The molecule has 0 aromatic carbocycles. The van der Waals surface area contributed by atoms with Crippen LogP contribution in [0.1, 0.15) is 0 Å². The zero-order valence-corrected chi connectivity index (χ0v) is 6.30. The molecule has 8 heteroatoms. The van der Waals surface area contributed by atoms with Gasteiger partial charge in [0.25, 0.3) is 0 Å². The van der Waals surface area contributed by atoms with E-state index in [9.17, 15) is 0 Å². The molecule has 13 heavy (non-hydrogen) atoms. The third-order valence-corrected chi connectivity index (χ3v) is 0.192. The minimum atomic E-state index is -2.33. The molecule has 0 aromatic rings. The smallest absolute Gasteiger partial charge is 0.0998 e. The molecule has 0 saturated heterocycles. The van der Waals surface area contributed by atoms with Crippen molar-refractivity contribution in [2.45, 2.75) is 0 Å². The Morgan fingerprint density at radius 3 is 1.46 bits per heavy atom. The summed E-state index contributed by atoms with van der Waals surface area (Å²) >= 11 is 0. The van der Waals surface area contributed by atoms with Gasteiger partial charge in [-0.05, 0) is 12.3 Å². The summed E-state index contributed by atoms with van der Waals surface area (Å²) in [7, 11) is 0. The number of carboxylic acid groups (broad SMARTS) is 4. The molecule has 0 amide bonds. The Morgan fingerprint density at radius 2 is 1.46 bits per heavy atom. The lowest BCUT2D eigenvalue weighted by Gasteiger charge is -1.96. The van der Waals surface area contributed by atoms with Crippen molar-refractivity contribution in [1.82, 2.24) is 0 Å². The topological polar surface area (TPSA) is 156 Å². The van der Waals surface area contributed by atoms with E-state index >= 15 is 0 Å². The van der Waals surface area contributed by atoms with Crippen molar-refractivity contribution in [1.29, 1.82) is 0 Å². The number of hydrogen-bond donors (Lipinski definition) is 1. The van der Waals surface area contributed by atoms with Crippen molar-refractivity contribution in [3.8, 4) is 0 Å². The molecule has 0 heterocycles. The van der Waals surface area contributed by atoms with Gasteiger partial charge in [-0.1, -0.05) is 6.08 Å². The number of rotatable bonds is 2. The average molecular weight is 194 g/mol. The van der Waals surface area contributed by atoms with Crippen LogP contribution in [0.4, 0.5) is 9.59 Å². The Labute approximate surface area is 72.9 Å². The van der Waals surface area contributed by atoms with Crippen molar-refractivity contribution in [2.24, 2.45) is 0 Å². The van der Waals surface area contributed by atoms with Crippen LogP contribution in [0.2, 0.25) is 0 Å². The fourth-order valence-electron chi connectivity index (χ4n) is 0.0527. The SMILES string of the molecule is C=CCOO.O=C([O-])[O-].O=C([O-])[O-]. The molecule has 0 spiro atoms. The van der Waals surface area contributed by atoms with E-state index in [2.05, 4.69) is 11.5 Å². The predicted octanol–water partition coefficient (Wildman–Crippen LogP) is -4.23. The largest absolute Gasteiger partial charge is 0.652 e. The maximum atomic E-state index is 8.33. The summed E-state index contributed by atoms with van der Waals surface area (Å²) in [5.74, 6) is 0. The number of hydrogen-bond acceptors (Lipinski definition) is 8. The Balaban J connectivity index is -0.000000117. The fraction of sp³-hybridized carbons (Fsp3) is 0.200. The predicted molar refractivity (Wildman–Crippen MR) is 29.6 cm³/mol. The van der Waals surface area contributed by atoms with Crippen LogP contribution in [-0.2, 0) is 4.89 Å². The molecule has 0 aliphatic heterocycles. The molecule has 0 aromatic heterocycles. The van der Waals surface area contributed by atoms with Crippen LogP contribution in [0.25, 0.3) is 0 Å². The lowest BCUT2D eigenvalue weighted by molar-refractivity contribution is -0.417. The lowest BCUT2D eigenvalue weighted by Crippen LogP contribution is -2.37. The van der Waals surface area contributed by atoms with Crippen molar-refractivity contribution in [3.63, 3.8) is 0 Å². The Hall–Kier alpha value is -1.80. The molecule has 0 saturated carbocycles. The van der Waals surface area contributed by atoms with Gasteiger partial charge >= 0.3 is 0 Å². The van der Waals surface area contributed by atoms with Gasteiger partial charge in [0.05, 0.1) is 6.61 Å². The second-order valence-electron chi connectivity index (χ2n) is 1.08. The molecule has 0 unspecified atom stereocenters. The first-order valence-corrected chi connectivity index (χ1v) is 2.51. The van der Waals surface area contributed by atoms with Gasteiger partial charge < -0.3 is 30.0 Å². The molecule has 0 aliphatic carbocycles. The van der Waals surface area contributed by atoms with Gasteiger partial charge in [0.1, 0.15) is 0 Å². The van der Waals surface area contributed by atoms with Gasteiger partial charge in [0.15, 0.2) is 0 Å². The first kappa shape index (κ1) is 17.3. The summed E-state index contributed by atoms with van der Waals surface area (Å²) in [5.41, 5.74) is 0. The summed E-state index contributed by atoms with van der Waals surface area (Å²) in [6.07, 6.45) is -3.21. The molecule has 8 nitrogen and oxygen atoms in total. The summed E-state index contributed by atoms with van der Waals surface area (Å²) in [4.78, 5) is 20.2. The van der Waals surface area contributed by atoms with Crippen LogP contribution in [0.15, 0.2) is 12.7 Å². The fourth-order valence-corrected chi connectivity index (χ4v) is 0.0527. The van der Waals surface area contributed by atoms with Gasteiger partial charge in [-0.25, -0.2) is 4.89 Å². The van der Waals surface area contributed by atoms with Crippen LogP contribution in [0, 0.1) is 0 Å². The maximum absolute atomic E-state index is 8.33. The van der Waals surface area contributed by atoms with E-state index in [1.807, 2.05) is 0 Å². The highest BCUT2D eigenvalue weighted by Crippen LogP contribution is 1.60. The van der Waals surface area contributed by atoms with Crippen LogP contribution in [0.5, 0.6) is 0 Å². The summed E-state index contributed by atoms with van der Waals surface area (Å²) in [6, 6.07) is 0. The molecular weight excluding hydrogens is 188 g/mol. The third-order valence-electron chi connectivity index (χ3n) is 0.192. The second kappa shape index (κ2) is 16.7. The van der Waals surface area contributed by atoms with E-state index in [-0.39, 0.29) is 6.61 Å². The first-order valence-electron chi connectivity index (χ1n) is 2.51. The standard InChI is InChI=1S/C3H6O2.2CH2O3/c1-2-3-5-4;2*2-1(3)4/h2,4H,1,3H2;2*(H2,2,3,4)/p-4. The van der Waals surface area contributed by atoms with E-state index in [1.54, 1.807) is 0 Å². The van der Waals surface area contributed by atoms with Crippen LogP contribution in [-0.4, -0.2) is 24.2 Å². The van der Waals surface area contributed by atoms with E-state index in [0.29, 0.717) is 0 Å². The van der Waals surface area contributed by atoms with Crippen LogP contribution in [0.3, 0.4) is 0 Å². The van der Waals surface area contributed by atoms with Crippen molar-refractivity contribution in [3.05, 3.63) is 12.7 Å². The molecule has 0 bridgehead atoms. The molecule has 78 valence electrons. The molecule has 1 N–H and O–H groups in total. The van der Waals surface area contributed by atoms with Crippen molar-refractivity contribution in [2.75, 3.05) is 6.61 Å². The highest BCUT2D eigenvalue weighted by atomic mass is 17.1. The Bertz CT molecular complexity index is 121. The number of carbonyl (C=O) groups is 2. The van der Waals surface area contributed by atoms with Crippen LogP contribution >= 0.6 is 0 Å². The maximum Gasteiger partial charge on any atom is 0.0998 e. The van der Waals surface area contributed by atoms with E-state index in [0.717, 1.165) is 0 Å². The third kappa shape index (κ3) is 17100. The molecular formula is C5H6O8-4. The molecule has 0 atom stereocenters. The second-order valence-corrected chi connectivity index (χ2v) is 1.08. The zero-order valence-electron chi connectivity index (χ0n) is 6.30. The molecule has 0 fully saturated rings. The minimum Gasteiger partial charge on any atom is -0.652 e. The molecule has 0 aliphatic rings. The quantitative estimate of drug-likeness (QED) is 0.263. The number of carbonyl (C=O) groups excluding carboxylic acids is 2. The summed E-state index contributed by atoms with van der Waals surface area (Å²) < 4.78 is 0. The van der Waals surface area contributed by atoms with Gasteiger partial charge in [0.2, 0.25) is 0 Å². The normalized spacial score (nSPS) is 6.54. The highest BCUT2D eigenvalue weighted by Gasteiger charge is 1.60. The highest BCUT2D eigenvalue weighted by molar-refractivity contribution is 5.47.